The van der Waals surface area contributed by atoms with Crippen molar-refractivity contribution in [3.05, 3.63) is 53.6 Å². The van der Waals surface area contributed by atoms with E-state index >= 15 is 0 Å². The van der Waals surface area contributed by atoms with Crippen LogP contribution in [0.5, 0.6) is 0 Å². The third kappa shape index (κ3) is 3.06. The van der Waals surface area contributed by atoms with Crippen molar-refractivity contribution in [3.8, 4) is 0 Å². The van der Waals surface area contributed by atoms with E-state index in [1.807, 2.05) is 0 Å². The number of halogens is 1. The largest absolute Gasteiger partial charge is 0.390 e. The van der Waals surface area contributed by atoms with Crippen molar-refractivity contribution in [1.29, 1.82) is 0 Å². The normalized spacial score (nSPS) is 13.3. The monoisotopic (exact) mass is 298 g/mol. The number of H-pyrrole nitrogens is 1. The topological polar surface area (TPSA) is 82.2 Å². The van der Waals surface area contributed by atoms with Gasteiger partial charge in [0.15, 0.2) is 0 Å². The Kier molecular flexibility index (Phi) is 4.22. The molecule has 0 aliphatic carbocycles. The number of benzene rings is 1. The lowest BCUT2D eigenvalue weighted by molar-refractivity contribution is 0.277. The van der Waals surface area contributed by atoms with Gasteiger partial charge in [0.25, 0.3) is 0 Å². The van der Waals surface area contributed by atoms with Crippen LogP contribution < -0.4 is 4.72 Å². The van der Waals surface area contributed by atoms with E-state index in [4.69, 9.17) is 5.11 Å². The summed E-state index contributed by atoms with van der Waals surface area (Å²) in [6, 6.07) is 6.62. The molecule has 1 aromatic heterocycles. The molecule has 5 nitrogen and oxygen atoms in total. The third-order valence-corrected chi connectivity index (χ3v) is 4.42. The molecule has 0 amide bonds. The zero-order valence-corrected chi connectivity index (χ0v) is 11.6. The molecule has 20 heavy (non-hydrogen) atoms. The van der Waals surface area contributed by atoms with Gasteiger partial charge in [-0.05, 0) is 19.1 Å². The van der Waals surface area contributed by atoms with Crippen molar-refractivity contribution >= 4 is 10.0 Å². The van der Waals surface area contributed by atoms with Gasteiger partial charge < -0.3 is 10.1 Å². The maximum Gasteiger partial charge on any atom is 0.242 e. The summed E-state index contributed by atoms with van der Waals surface area (Å²) >= 11 is 0. The molecule has 0 aliphatic rings. The molecule has 1 heterocycles. The van der Waals surface area contributed by atoms with Crippen molar-refractivity contribution < 1.29 is 17.9 Å². The first-order valence-electron chi connectivity index (χ1n) is 5.99. The average Bonchev–Trinajstić information content (AvgIpc) is 2.88. The molecule has 0 radical (unpaired) electrons. The van der Waals surface area contributed by atoms with E-state index in [1.165, 1.54) is 24.4 Å². The van der Waals surface area contributed by atoms with Crippen LogP contribution in [0.15, 0.2) is 41.4 Å². The van der Waals surface area contributed by atoms with Crippen LogP contribution in [0.1, 0.15) is 24.2 Å². The van der Waals surface area contributed by atoms with Gasteiger partial charge in [0.1, 0.15) is 5.82 Å². The minimum atomic E-state index is -3.77. The van der Waals surface area contributed by atoms with E-state index in [0.29, 0.717) is 5.69 Å². The second-order valence-corrected chi connectivity index (χ2v) is 6.10. The Labute approximate surface area is 116 Å². The molecule has 1 unspecified atom stereocenters. The SMILES string of the molecule is CC(NS(=O)(=O)c1c[nH]c(CO)c1)c1ccccc1F. The number of aliphatic hydroxyl groups excluding tert-OH is 1. The molecule has 108 valence electrons. The molecule has 3 N–H and O–H groups in total. The summed E-state index contributed by atoms with van der Waals surface area (Å²) in [5.41, 5.74) is 0.665. The number of hydrogen-bond donors (Lipinski definition) is 3. The van der Waals surface area contributed by atoms with E-state index in [9.17, 15) is 12.8 Å². The van der Waals surface area contributed by atoms with Crippen LogP contribution in [-0.4, -0.2) is 18.5 Å². The number of sulfonamides is 1. The highest BCUT2D eigenvalue weighted by molar-refractivity contribution is 7.89. The molecule has 0 saturated heterocycles. The van der Waals surface area contributed by atoms with E-state index in [-0.39, 0.29) is 17.1 Å². The molecule has 1 atom stereocenters. The minimum Gasteiger partial charge on any atom is -0.390 e. The second-order valence-electron chi connectivity index (χ2n) is 4.38. The van der Waals surface area contributed by atoms with Gasteiger partial charge in [-0.3, -0.25) is 0 Å². The average molecular weight is 298 g/mol. The number of rotatable bonds is 5. The summed E-state index contributed by atoms with van der Waals surface area (Å²) in [7, 11) is -3.77. The molecule has 7 heteroatoms. The van der Waals surface area contributed by atoms with Crippen molar-refractivity contribution in [2.45, 2.75) is 24.5 Å². The van der Waals surface area contributed by atoms with E-state index < -0.39 is 21.9 Å². The molecular formula is C13H15FN2O3S. The zero-order chi connectivity index (χ0) is 14.8. The summed E-state index contributed by atoms with van der Waals surface area (Å²) in [6.07, 6.45) is 1.28. The van der Waals surface area contributed by atoms with Gasteiger partial charge in [0.2, 0.25) is 10.0 Å². The summed E-state index contributed by atoms with van der Waals surface area (Å²) in [6.45, 7) is 1.29. The molecular weight excluding hydrogens is 283 g/mol. The van der Waals surface area contributed by atoms with Crippen LogP contribution >= 0.6 is 0 Å². The van der Waals surface area contributed by atoms with Crippen LogP contribution in [0.3, 0.4) is 0 Å². The predicted molar refractivity (Wildman–Crippen MR) is 71.9 cm³/mol. The molecule has 0 bridgehead atoms. The van der Waals surface area contributed by atoms with Gasteiger partial charge in [-0.15, -0.1) is 0 Å². The summed E-state index contributed by atoms with van der Waals surface area (Å²) in [4.78, 5) is 2.65. The lowest BCUT2D eigenvalue weighted by atomic mass is 10.1. The summed E-state index contributed by atoms with van der Waals surface area (Å²) in [5.74, 6) is -0.465. The molecule has 1 aromatic carbocycles. The third-order valence-electron chi connectivity index (χ3n) is 2.90. The maximum atomic E-state index is 13.6. The van der Waals surface area contributed by atoms with Crippen molar-refractivity contribution in [1.82, 2.24) is 9.71 Å². The van der Waals surface area contributed by atoms with Crippen LogP contribution in [0, 0.1) is 5.82 Å². The quantitative estimate of drug-likeness (QED) is 0.785. The van der Waals surface area contributed by atoms with Gasteiger partial charge in [-0.25, -0.2) is 17.5 Å². The van der Waals surface area contributed by atoms with E-state index in [1.54, 1.807) is 19.1 Å². The Hall–Kier alpha value is -1.70. The van der Waals surface area contributed by atoms with Gasteiger partial charge in [0, 0.05) is 23.5 Å². The van der Waals surface area contributed by atoms with Crippen molar-refractivity contribution in [3.63, 3.8) is 0 Å². The Morgan fingerprint density at radius 2 is 2.10 bits per heavy atom. The fourth-order valence-electron chi connectivity index (χ4n) is 1.86. The first kappa shape index (κ1) is 14.7. The zero-order valence-electron chi connectivity index (χ0n) is 10.8. The Bertz CT molecular complexity index is 697. The number of aromatic amines is 1. The van der Waals surface area contributed by atoms with Gasteiger partial charge in [0.05, 0.1) is 11.5 Å². The summed E-state index contributed by atoms with van der Waals surface area (Å²) in [5, 5.41) is 8.92. The molecule has 0 saturated carbocycles. The van der Waals surface area contributed by atoms with Crippen LogP contribution in [-0.2, 0) is 16.6 Å². The highest BCUT2D eigenvalue weighted by Crippen LogP contribution is 2.19. The molecule has 0 fully saturated rings. The first-order valence-corrected chi connectivity index (χ1v) is 7.47. The lowest BCUT2D eigenvalue weighted by Gasteiger charge is -2.14. The van der Waals surface area contributed by atoms with Gasteiger partial charge in [-0.1, -0.05) is 18.2 Å². The van der Waals surface area contributed by atoms with Crippen molar-refractivity contribution in [2.75, 3.05) is 0 Å². The van der Waals surface area contributed by atoms with Crippen LogP contribution in [0.4, 0.5) is 4.39 Å². The highest BCUT2D eigenvalue weighted by Gasteiger charge is 2.21. The van der Waals surface area contributed by atoms with E-state index in [2.05, 4.69) is 9.71 Å². The molecule has 2 aromatic rings. The number of aliphatic hydroxyl groups is 1. The highest BCUT2D eigenvalue weighted by atomic mass is 32.2. The van der Waals surface area contributed by atoms with E-state index in [0.717, 1.165) is 0 Å². The number of nitrogens with one attached hydrogen (secondary N) is 2. The predicted octanol–water partition coefficient (Wildman–Crippen LogP) is 1.69. The number of aromatic nitrogens is 1. The smallest absolute Gasteiger partial charge is 0.242 e. The van der Waals surface area contributed by atoms with Gasteiger partial charge in [-0.2, -0.15) is 0 Å². The Morgan fingerprint density at radius 1 is 1.40 bits per heavy atom. The molecule has 0 spiro atoms. The first-order chi connectivity index (χ1) is 9.44. The standard InChI is InChI=1S/C13H15FN2O3S/c1-9(12-4-2-3-5-13(12)14)16-20(18,19)11-6-10(8-17)15-7-11/h2-7,9,15-17H,8H2,1H3. The van der Waals surface area contributed by atoms with Crippen LogP contribution in [0.2, 0.25) is 0 Å². The molecule has 2 rings (SSSR count). The maximum absolute atomic E-state index is 13.6. The Balaban J connectivity index is 2.22. The lowest BCUT2D eigenvalue weighted by Crippen LogP contribution is -2.27. The fraction of sp³-hybridized carbons (Fsp3) is 0.231. The molecule has 0 aliphatic heterocycles. The Morgan fingerprint density at radius 3 is 2.70 bits per heavy atom. The minimum absolute atomic E-state index is 0.00439. The van der Waals surface area contributed by atoms with Crippen molar-refractivity contribution in [2.24, 2.45) is 0 Å². The van der Waals surface area contributed by atoms with Crippen LogP contribution in [0.25, 0.3) is 0 Å². The number of hydrogen-bond acceptors (Lipinski definition) is 3. The second kappa shape index (κ2) is 5.74. The fourth-order valence-corrected chi connectivity index (χ4v) is 3.10. The van der Waals surface area contributed by atoms with Gasteiger partial charge >= 0.3 is 0 Å². The summed E-state index contributed by atoms with van der Waals surface area (Å²) < 4.78 is 40.2.